The Morgan fingerprint density at radius 1 is 0.930 bits per heavy atom. The van der Waals surface area contributed by atoms with Gasteiger partial charge in [0.2, 0.25) is 17.1 Å². The summed E-state index contributed by atoms with van der Waals surface area (Å²) in [7, 11) is -4.06. The van der Waals surface area contributed by atoms with E-state index in [9.17, 15) is 22.3 Å². The summed E-state index contributed by atoms with van der Waals surface area (Å²) in [5, 5.41) is 10.9. The Morgan fingerprint density at radius 3 is 2.51 bits per heavy atom. The Labute approximate surface area is 253 Å². The van der Waals surface area contributed by atoms with Gasteiger partial charge in [0.05, 0.1) is 29.5 Å². The number of phenols is 1. The Morgan fingerprint density at radius 2 is 1.74 bits per heavy atom. The molecule has 0 saturated carbocycles. The van der Waals surface area contributed by atoms with Crippen molar-refractivity contribution in [2.75, 3.05) is 23.8 Å². The fourth-order valence-electron chi connectivity index (χ4n) is 5.13. The smallest absolute Gasteiger partial charge is 0.301 e. The van der Waals surface area contributed by atoms with E-state index in [4.69, 9.17) is 13.5 Å². The predicted molar refractivity (Wildman–Crippen MR) is 165 cm³/mol. The van der Waals surface area contributed by atoms with E-state index < -0.39 is 21.5 Å². The fraction of sp³-hybridized carbons (Fsp3) is 0.258. The minimum Gasteiger partial charge on any atom is -0.508 e. The van der Waals surface area contributed by atoms with Gasteiger partial charge in [-0.1, -0.05) is 36.4 Å². The number of pyridine rings is 1. The van der Waals surface area contributed by atoms with Crippen LogP contribution in [-0.4, -0.2) is 45.7 Å². The van der Waals surface area contributed by atoms with Crippen molar-refractivity contribution in [3.05, 3.63) is 90.4 Å². The maximum Gasteiger partial charge on any atom is 0.301 e. The number of hydrogen-bond donors (Lipinski definition) is 3. The minimum absolute atomic E-state index is 0.139. The van der Waals surface area contributed by atoms with Gasteiger partial charge in [0.25, 0.3) is 10.1 Å². The van der Waals surface area contributed by atoms with Crippen LogP contribution in [0.25, 0.3) is 28.1 Å². The average Bonchev–Trinajstić information content (AvgIpc) is 3.31. The van der Waals surface area contributed by atoms with Crippen LogP contribution < -0.4 is 14.2 Å². The van der Waals surface area contributed by atoms with Crippen LogP contribution in [0.2, 0.25) is 0 Å². The minimum atomic E-state index is -4.06. The van der Waals surface area contributed by atoms with Gasteiger partial charge in [0, 0.05) is 25.1 Å². The molecule has 2 heterocycles. The highest BCUT2D eigenvalue weighted by Crippen LogP contribution is 2.42. The summed E-state index contributed by atoms with van der Waals surface area (Å²) in [4.78, 5) is 2.07. The monoisotopic (exact) mass is 625 g/mol. The second-order valence-electron chi connectivity index (χ2n) is 10.2. The first-order valence-electron chi connectivity index (χ1n) is 13.9. The number of nitrogens with zero attached hydrogens (tertiary/aromatic N) is 2. The zero-order valence-electron chi connectivity index (χ0n) is 23.3. The average molecular weight is 626 g/mol. The van der Waals surface area contributed by atoms with E-state index in [0.29, 0.717) is 44.0 Å². The number of phenolic OH excluding ortho intramolecular Hbond substituents is 1. The third-order valence-corrected chi connectivity index (χ3v) is 8.32. The normalized spacial score (nSPS) is 14.7. The molecule has 10 nitrogen and oxygen atoms in total. The maximum atomic E-state index is 11.3. The summed E-state index contributed by atoms with van der Waals surface area (Å²) in [5.74, 6) is 1.11. The molecule has 0 amide bonds. The molecular formula is C31H33N2O8S2+. The SMILES string of the molecule is O=S(O)OCCCCN1C(=Cc2ccc3cc(O)ccc3[n+]2CCCCS(=O)(=O)O)Oc2ccc(-c3ccccc3)cc21. The molecule has 5 rings (SSSR count). The molecule has 0 bridgehead atoms. The summed E-state index contributed by atoms with van der Waals surface area (Å²) in [5.41, 5.74) is 4.65. The summed E-state index contributed by atoms with van der Waals surface area (Å²) in [6.07, 6.45) is 3.94. The number of aromatic nitrogens is 1. The lowest BCUT2D eigenvalue weighted by Gasteiger charge is -2.19. The van der Waals surface area contributed by atoms with E-state index in [1.165, 1.54) is 0 Å². The molecular weight excluding hydrogens is 592 g/mol. The van der Waals surface area contributed by atoms with E-state index in [0.717, 1.165) is 33.4 Å². The molecule has 1 unspecified atom stereocenters. The molecule has 1 aliphatic heterocycles. The molecule has 1 atom stereocenters. The molecule has 3 N–H and O–H groups in total. The van der Waals surface area contributed by atoms with E-state index in [1.54, 1.807) is 12.1 Å². The Balaban J connectivity index is 1.50. The summed E-state index contributed by atoms with van der Waals surface area (Å²) in [6.45, 7) is 1.18. The van der Waals surface area contributed by atoms with Crippen molar-refractivity contribution in [2.24, 2.45) is 0 Å². The van der Waals surface area contributed by atoms with Crippen LogP contribution >= 0.6 is 0 Å². The number of benzene rings is 3. The first-order valence-corrected chi connectivity index (χ1v) is 16.5. The summed E-state index contributed by atoms with van der Waals surface area (Å²) >= 11 is -2.31. The Hall–Kier alpha value is -3.81. The van der Waals surface area contributed by atoms with Gasteiger partial charge in [-0.05, 0) is 60.7 Å². The van der Waals surface area contributed by atoms with E-state index in [-0.39, 0.29) is 24.5 Å². The number of unbranched alkanes of at least 4 members (excludes halogenated alkanes) is 2. The highest BCUT2D eigenvalue weighted by molar-refractivity contribution is 7.85. The predicted octanol–water partition coefficient (Wildman–Crippen LogP) is 5.30. The molecule has 0 spiro atoms. The molecule has 0 fully saturated rings. The summed E-state index contributed by atoms with van der Waals surface area (Å²) in [6, 6.07) is 25.0. The standard InChI is InChI=1S/C31H32N2O8S2/c34-27-13-14-28-25(20-27)10-12-26(32(28)16-5-7-19-43(37,38)39)22-31-33(17-4-6-18-40-42(35)36)29-21-24(11-15-30(29)41-31)23-8-2-1-3-9-23/h1-3,8-15,20-22H,4-7,16-19H2,(H2-,34,35,36,37,38,39)/p+1. The zero-order chi connectivity index (χ0) is 30.4. The van der Waals surface area contributed by atoms with Crippen molar-refractivity contribution in [3.8, 4) is 22.6 Å². The van der Waals surface area contributed by atoms with E-state index in [1.807, 2.05) is 71.3 Å². The molecule has 1 aliphatic rings. The van der Waals surface area contributed by atoms with Gasteiger partial charge >= 0.3 is 11.4 Å². The molecule has 4 aromatic rings. The molecule has 12 heteroatoms. The van der Waals surface area contributed by atoms with Crippen LogP contribution in [-0.2, 0) is 32.2 Å². The van der Waals surface area contributed by atoms with Gasteiger partial charge < -0.3 is 14.7 Å². The number of aromatic hydroxyl groups is 1. The number of aryl methyl sites for hydroxylation is 1. The Kier molecular flexibility index (Phi) is 9.73. The van der Waals surface area contributed by atoms with E-state index >= 15 is 0 Å². The lowest BCUT2D eigenvalue weighted by atomic mass is 10.0. The highest BCUT2D eigenvalue weighted by Gasteiger charge is 2.28. The second kappa shape index (κ2) is 13.7. The van der Waals surface area contributed by atoms with Crippen molar-refractivity contribution in [1.29, 1.82) is 0 Å². The van der Waals surface area contributed by atoms with Crippen LogP contribution in [0.5, 0.6) is 11.5 Å². The molecule has 43 heavy (non-hydrogen) atoms. The van der Waals surface area contributed by atoms with E-state index in [2.05, 4.69) is 11.0 Å². The zero-order valence-corrected chi connectivity index (χ0v) is 25.0. The van der Waals surface area contributed by atoms with Gasteiger partial charge in [-0.3, -0.25) is 13.3 Å². The third-order valence-electron chi connectivity index (χ3n) is 7.15. The largest absolute Gasteiger partial charge is 0.508 e. The number of rotatable bonds is 13. The van der Waals surface area contributed by atoms with Crippen LogP contribution in [0.1, 0.15) is 31.4 Å². The van der Waals surface area contributed by atoms with Gasteiger partial charge in [0.15, 0.2) is 5.75 Å². The number of ether oxygens (including phenoxy) is 1. The number of anilines is 1. The quantitative estimate of drug-likeness (QED) is 0.0782. The lowest BCUT2D eigenvalue weighted by Crippen LogP contribution is -2.38. The van der Waals surface area contributed by atoms with Crippen molar-refractivity contribution in [3.63, 3.8) is 0 Å². The lowest BCUT2D eigenvalue weighted by molar-refractivity contribution is -0.673. The van der Waals surface area contributed by atoms with Gasteiger partial charge in [-0.2, -0.15) is 17.2 Å². The van der Waals surface area contributed by atoms with Gasteiger partial charge in [-0.25, -0.2) is 0 Å². The first-order chi connectivity index (χ1) is 20.7. The van der Waals surface area contributed by atoms with Crippen molar-refractivity contribution >= 4 is 44.1 Å². The number of hydrogen-bond acceptors (Lipinski definition) is 7. The van der Waals surface area contributed by atoms with Crippen molar-refractivity contribution < 1.29 is 40.3 Å². The number of fused-ring (bicyclic) bond motifs is 2. The topological polar surface area (TPSA) is 137 Å². The van der Waals surface area contributed by atoms with Crippen molar-refractivity contribution in [1.82, 2.24) is 0 Å². The first kappa shape index (κ1) is 30.6. The Bertz CT molecular complexity index is 1760. The van der Waals surface area contributed by atoms with Crippen LogP contribution in [0.15, 0.2) is 84.7 Å². The summed E-state index contributed by atoms with van der Waals surface area (Å²) < 4.78 is 64.7. The van der Waals surface area contributed by atoms with Crippen LogP contribution in [0.3, 0.4) is 0 Å². The van der Waals surface area contributed by atoms with Crippen molar-refractivity contribution in [2.45, 2.75) is 32.2 Å². The van der Waals surface area contributed by atoms with Crippen LogP contribution in [0, 0.1) is 0 Å². The highest BCUT2D eigenvalue weighted by atomic mass is 32.2. The molecule has 0 saturated heterocycles. The molecule has 1 aromatic heterocycles. The molecule has 226 valence electrons. The maximum absolute atomic E-state index is 11.3. The third kappa shape index (κ3) is 7.98. The van der Waals surface area contributed by atoms with Gasteiger partial charge in [0.1, 0.15) is 12.3 Å². The van der Waals surface area contributed by atoms with Crippen LogP contribution in [0.4, 0.5) is 5.69 Å². The molecule has 0 radical (unpaired) electrons. The fourth-order valence-corrected chi connectivity index (χ4v) is 5.96. The molecule has 0 aliphatic carbocycles. The molecule has 3 aromatic carbocycles. The van der Waals surface area contributed by atoms with Gasteiger partial charge in [-0.15, -0.1) is 0 Å². The second-order valence-corrected chi connectivity index (χ2v) is 12.4.